The largest absolute Gasteiger partial charge is 0.387 e. The summed E-state index contributed by atoms with van der Waals surface area (Å²) in [5.41, 5.74) is 1.75. The highest BCUT2D eigenvalue weighted by Crippen LogP contribution is 2.21. The highest BCUT2D eigenvalue weighted by Gasteiger charge is 2.10. The quantitative estimate of drug-likeness (QED) is 0.886. The molecule has 2 aromatic rings. The van der Waals surface area contributed by atoms with Crippen molar-refractivity contribution in [2.45, 2.75) is 19.6 Å². The molecule has 2 rings (SSSR count). The lowest BCUT2D eigenvalue weighted by Gasteiger charge is -2.13. The summed E-state index contributed by atoms with van der Waals surface area (Å²) in [5.74, 6) is 0. The summed E-state index contributed by atoms with van der Waals surface area (Å²) in [6.07, 6.45) is -0.599. The van der Waals surface area contributed by atoms with Crippen LogP contribution in [0.2, 0.25) is 5.02 Å². The zero-order valence-electron chi connectivity index (χ0n) is 10.1. The van der Waals surface area contributed by atoms with Crippen molar-refractivity contribution in [3.63, 3.8) is 0 Å². The molecule has 96 valence electrons. The van der Waals surface area contributed by atoms with Gasteiger partial charge in [-0.1, -0.05) is 29.8 Å². The van der Waals surface area contributed by atoms with Crippen LogP contribution in [0, 0.1) is 6.92 Å². The Balaban J connectivity index is 1.85. The Bertz CT molecular complexity index is 515. The van der Waals surface area contributed by atoms with Gasteiger partial charge in [0.2, 0.25) is 0 Å². The zero-order chi connectivity index (χ0) is 13.0. The summed E-state index contributed by atoms with van der Waals surface area (Å²) in [4.78, 5) is 4.35. The van der Waals surface area contributed by atoms with Gasteiger partial charge >= 0.3 is 0 Å². The number of hydrogen-bond donors (Lipinski definition) is 2. The molecule has 0 fully saturated rings. The number of hydrogen-bond acceptors (Lipinski definition) is 4. The van der Waals surface area contributed by atoms with Crippen LogP contribution in [-0.2, 0) is 6.54 Å². The standard InChI is InChI=1S/C13H15ClN2OS/c1-9-16-10(8-18-9)6-15-7-13(17)11-4-2-3-5-12(11)14/h2-5,8,13,15,17H,6-7H2,1H3. The SMILES string of the molecule is Cc1nc(CNCC(O)c2ccccc2Cl)cs1. The third kappa shape index (κ3) is 3.53. The fourth-order valence-corrected chi connectivity index (χ4v) is 2.56. The van der Waals surface area contributed by atoms with Gasteiger partial charge in [0.25, 0.3) is 0 Å². The predicted octanol–water partition coefficient (Wildman–Crippen LogP) is 2.93. The zero-order valence-corrected chi connectivity index (χ0v) is 11.6. The maximum Gasteiger partial charge on any atom is 0.0928 e. The van der Waals surface area contributed by atoms with Crippen molar-refractivity contribution in [1.29, 1.82) is 0 Å². The van der Waals surface area contributed by atoms with Crippen LogP contribution in [0.3, 0.4) is 0 Å². The van der Waals surface area contributed by atoms with Crippen LogP contribution in [0.4, 0.5) is 0 Å². The molecule has 5 heteroatoms. The predicted molar refractivity (Wildman–Crippen MR) is 75.0 cm³/mol. The van der Waals surface area contributed by atoms with Crippen LogP contribution in [-0.4, -0.2) is 16.6 Å². The molecule has 0 bridgehead atoms. The lowest BCUT2D eigenvalue weighted by Crippen LogP contribution is -2.21. The molecule has 1 heterocycles. The number of aromatic nitrogens is 1. The van der Waals surface area contributed by atoms with Crippen molar-refractivity contribution >= 4 is 22.9 Å². The van der Waals surface area contributed by atoms with Gasteiger partial charge in [-0.2, -0.15) is 0 Å². The first kappa shape index (κ1) is 13.5. The molecule has 0 spiro atoms. The van der Waals surface area contributed by atoms with Gasteiger partial charge in [0.05, 0.1) is 16.8 Å². The number of aryl methyl sites for hydroxylation is 1. The van der Waals surface area contributed by atoms with E-state index >= 15 is 0 Å². The van der Waals surface area contributed by atoms with E-state index in [-0.39, 0.29) is 0 Å². The van der Waals surface area contributed by atoms with Gasteiger partial charge < -0.3 is 10.4 Å². The van der Waals surface area contributed by atoms with Gasteiger partial charge in [-0.25, -0.2) is 4.98 Å². The van der Waals surface area contributed by atoms with E-state index in [4.69, 9.17) is 11.6 Å². The van der Waals surface area contributed by atoms with Crippen molar-refractivity contribution in [1.82, 2.24) is 10.3 Å². The van der Waals surface area contributed by atoms with E-state index in [2.05, 4.69) is 10.3 Å². The summed E-state index contributed by atoms with van der Waals surface area (Å²) in [5, 5.41) is 16.9. The van der Waals surface area contributed by atoms with Crippen LogP contribution in [0.25, 0.3) is 0 Å². The lowest BCUT2D eigenvalue weighted by molar-refractivity contribution is 0.174. The summed E-state index contributed by atoms with van der Waals surface area (Å²) >= 11 is 7.65. The fourth-order valence-electron chi connectivity index (χ4n) is 1.68. The average Bonchev–Trinajstić information content (AvgIpc) is 2.75. The molecule has 1 unspecified atom stereocenters. The topological polar surface area (TPSA) is 45.2 Å². The third-order valence-electron chi connectivity index (χ3n) is 2.57. The van der Waals surface area contributed by atoms with E-state index in [1.807, 2.05) is 30.5 Å². The van der Waals surface area contributed by atoms with Gasteiger partial charge in [-0.05, 0) is 13.0 Å². The van der Waals surface area contributed by atoms with Crippen molar-refractivity contribution in [2.75, 3.05) is 6.54 Å². The summed E-state index contributed by atoms with van der Waals surface area (Å²) in [6, 6.07) is 7.34. The molecule has 0 aliphatic rings. The third-order valence-corrected chi connectivity index (χ3v) is 3.74. The summed E-state index contributed by atoms with van der Waals surface area (Å²) in [6.45, 7) is 3.10. The Labute approximate surface area is 115 Å². The molecule has 0 amide bonds. The second-order valence-electron chi connectivity index (χ2n) is 4.03. The number of benzene rings is 1. The minimum absolute atomic E-state index is 0.459. The molecule has 3 nitrogen and oxygen atoms in total. The van der Waals surface area contributed by atoms with Gasteiger partial charge in [0.15, 0.2) is 0 Å². The van der Waals surface area contributed by atoms with E-state index in [0.717, 1.165) is 16.3 Å². The number of aliphatic hydroxyl groups is 1. The van der Waals surface area contributed by atoms with Crippen molar-refractivity contribution < 1.29 is 5.11 Å². The number of nitrogens with one attached hydrogen (secondary N) is 1. The Morgan fingerprint density at radius 1 is 1.44 bits per heavy atom. The van der Waals surface area contributed by atoms with Gasteiger partial charge in [-0.3, -0.25) is 0 Å². The molecular weight excluding hydrogens is 268 g/mol. The minimum Gasteiger partial charge on any atom is -0.387 e. The Morgan fingerprint density at radius 2 is 2.22 bits per heavy atom. The van der Waals surface area contributed by atoms with Gasteiger partial charge in [0.1, 0.15) is 0 Å². The maximum atomic E-state index is 10.0. The minimum atomic E-state index is -0.599. The molecular formula is C13H15ClN2OS. The van der Waals surface area contributed by atoms with Gasteiger partial charge in [-0.15, -0.1) is 11.3 Å². The van der Waals surface area contributed by atoms with Crippen molar-refractivity contribution in [3.05, 3.63) is 50.9 Å². The fraction of sp³-hybridized carbons (Fsp3) is 0.308. The molecule has 0 aliphatic carbocycles. The molecule has 2 N–H and O–H groups in total. The Hall–Kier alpha value is -0.940. The number of rotatable bonds is 5. The first-order chi connectivity index (χ1) is 8.66. The van der Waals surface area contributed by atoms with Crippen LogP contribution in [0.15, 0.2) is 29.6 Å². The monoisotopic (exact) mass is 282 g/mol. The molecule has 0 aliphatic heterocycles. The number of nitrogens with zero attached hydrogens (tertiary/aromatic N) is 1. The first-order valence-corrected chi connectivity index (χ1v) is 6.97. The number of halogens is 1. The second kappa shape index (κ2) is 6.29. The molecule has 0 saturated heterocycles. The van der Waals surface area contributed by atoms with E-state index in [1.165, 1.54) is 0 Å². The molecule has 1 aromatic heterocycles. The van der Waals surface area contributed by atoms with E-state index in [9.17, 15) is 5.11 Å². The van der Waals surface area contributed by atoms with Crippen LogP contribution in [0.1, 0.15) is 22.4 Å². The molecule has 1 atom stereocenters. The Kier molecular flexibility index (Phi) is 4.72. The summed E-state index contributed by atoms with van der Waals surface area (Å²) < 4.78 is 0. The van der Waals surface area contributed by atoms with Crippen LogP contribution < -0.4 is 5.32 Å². The molecule has 0 saturated carbocycles. The average molecular weight is 283 g/mol. The van der Waals surface area contributed by atoms with Crippen LogP contribution >= 0.6 is 22.9 Å². The Morgan fingerprint density at radius 3 is 2.89 bits per heavy atom. The molecule has 1 aromatic carbocycles. The van der Waals surface area contributed by atoms with E-state index in [0.29, 0.717) is 18.1 Å². The lowest BCUT2D eigenvalue weighted by atomic mass is 10.1. The summed E-state index contributed by atoms with van der Waals surface area (Å²) in [7, 11) is 0. The highest BCUT2D eigenvalue weighted by atomic mass is 35.5. The van der Waals surface area contributed by atoms with Crippen LogP contribution in [0.5, 0.6) is 0 Å². The number of thiazole rings is 1. The first-order valence-electron chi connectivity index (χ1n) is 5.71. The van der Waals surface area contributed by atoms with Crippen molar-refractivity contribution in [3.8, 4) is 0 Å². The number of aliphatic hydroxyl groups excluding tert-OH is 1. The maximum absolute atomic E-state index is 10.0. The second-order valence-corrected chi connectivity index (χ2v) is 5.50. The van der Waals surface area contributed by atoms with E-state index in [1.54, 1.807) is 17.4 Å². The highest BCUT2D eigenvalue weighted by molar-refractivity contribution is 7.09. The van der Waals surface area contributed by atoms with Gasteiger partial charge in [0, 0.05) is 29.1 Å². The van der Waals surface area contributed by atoms with E-state index < -0.39 is 6.10 Å². The normalized spacial score (nSPS) is 12.6. The smallest absolute Gasteiger partial charge is 0.0928 e. The molecule has 18 heavy (non-hydrogen) atoms. The molecule has 0 radical (unpaired) electrons. The van der Waals surface area contributed by atoms with Crippen molar-refractivity contribution in [2.24, 2.45) is 0 Å².